The van der Waals surface area contributed by atoms with Crippen molar-refractivity contribution in [1.29, 1.82) is 0 Å². The third-order valence-corrected chi connectivity index (χ3v) is 2.23. The Kier molecular flexibility index (Phi) is 1.41. The third-order valence-electron chi connectivity index (χ3n) is 2.23. The second-order valence-corrected chi connectivity index (χ2v) is 3.13. The molecule has 0 spiro atoms. The zero-order valence-electron chi connectivity index (χ0n) is 7.36. The highest BCUT2D eigenvalue weighted by Crippen LogP contribution is 2.20. The van der Waals surface area contributed by atoms with Crippen LogP contribution in [0.4, 0.5) is 0 Å². The molecule has 4 nitrogen and oxygen atoms in total. The molecule has 0 amide bonds. The van der Waals surface area contributed by atoms with E-state index in [1.54, 1.807) is 6.20 Å². The van der Waals surface area contributed by atoms with E-state index in [0.717, 1.165) is 22.2 Å². The number of nitrogens with one attached hydrogen (secondary N) is 2. The molecule has 0 aliphatic rings. The van der Waals surface area contributed by atoms with Gasteiger partial charge in [0.2, 0.25) is 0 Å². The Hall–Kier alpha value is -2.10. The van der Waals surface area contributed by atoms with Crippen molar-refractivity contribution in [2.45, 2.75) is 0 Å². The van der Waals surface area contributed by atoms with Crippen molar-refractivity contribution >= 4 is 11.0 Å². The number of hydrogen-bond donors (Lipinski definition) is 2. The Labute approximate surface area is 80.0 Å². The molecule has 4 heteroatoms. The van der Waals surface area contributed by atoms with Crippen LogP contribution < -0.4 is 0 Å². The predicted molar refractivity (Wildman–Crippen MR) is 53.7 cm³/mol. The topological polar surface area (TPSA) is 57.4 Å². The van der Waals surface area contributed by atoms with E-state index in [0.29, 0.717) is 0 Å². The molecule has 3 heterocycles. The first-order valence-electron chi connectivity index (χ1n) is 4.36. The Morgan fingerprint density at radius 2 is 2.14 bits per heavy atom. The Morgan fingerprint density at radius 3 is 3.00 bits per heavy atom. The molecule has 68 valence electrons. The number of hydrogen-bond acceptors (Lipinski definition) is 2. The first-order valence-corrected chi connectivity index (χ1v) is 4.36. The number of aromatic amines is 2. The molecule has 0 aliphatic carbocycles. The van der Waals surface area contributed by atoms with Crippen molar-refractivity contribution in [2.75, 3.05) is 0 Å². The van der Waals surface area contributed by atoms with Gasteiger partial charge in [-0.2, -0.15) is 5.10 Å². The van der Waals surface area contributed by atoms with Crippen LogP contribution in [0.5, 0.6) is 0 Å². The Morgan fingerprint density at radius 1 is 1.14 bits per heavy atom. The summed E-state index contributed by atoms with van der Waals surface area (Å²) in [6.07, 6.45) is 7.37. The van der Waals surface area contributed by atoms with E-state index in [1.807, 2.05) is 24.7 Å². The lowest BCUT2D eigenvalue weighted by atomic mass is 10.1. The van der Waals surface area contributed by atoms with Crippen LogP contribution >= 0.6 is 0 Å². The summed E-state index contributed by atoms with van der Waals surface area (Å²) in [6.45, 7) is 0. The van der Waals surface area contributed by atoms with E-state index >= 15 is 0 Å². The van der Waals surface area contributed by atoms with Crippen LogP contribution in [0.3, 0.4) is 0 Å². The van der Waals surface area contributed by atoms with E-state index in [9.17, 15) is 0 Å². The van der Waals surface area contributed by atoms with Crippen molar-refractivity contribution in [3.63, 3.8) is 0 Å². The highest BCUT2D eigenvalue weighted by Gasteiger charge is 2.01. The standard InChI is InChI=1S/C10H8N4/c1-2-11-10-7(1)3-8(4-12-10)9-5-13-14-6-9/h1-6H,(H,11,12)(H,13,14). The van der Waals surface area contributed by atoms with Crippen LogP contribution in [0.15, 0.2) is 36.9 Å². The van der Waals surface area contributed by atoms with Gasteiger partial charge in [0.1, 0.15) is 5.65 Å². The normalized spacial score (nSPS) is 10.9. The van der Waals surface area contributed by atoms with Gasteiger partial charge in [-0.15, -0.1) is 0 Å². The van der Waals surface area contributed by atoms with Crippen LogP contribution in [0.2, 0.25) is 0 Å². The molecule has 0 aromatic carbocycles. The molecular weight excluding hydrogens is 176 g/mol. The minimum Gasteiger partial charge on any atom is -0.346 e. The van der Waals surface area contributed by atoms with Gasteiger partial charge in [-0.05, 0) is 12.1 Å². The first kappa shape index (κ1) is 7.32. The molecule has 0 atom stereocenters. The molecular formula is C10H8N4. The maximum Gasteiger partial charge on any atom is 0.137 e. The lowest BCUT2D eigenvalue weighted by molar-refractivity contribution is 1.09. The molecule has 0 saturated heterocycles. The van der Waals surface area contributed by atoms with Crippen molar-refractivity contribution in [1.82, 2.24) is 20.2 Å². The van der Waals surface area contributed by atoms with Gasteiger partial charge >= 0.3 is 0 Å². The lowest BCUT2D eigenvalue weighted by Crippen LogP contribution is -1.79. The maximum atomic E-state index is 4.30. The summed E-state index contributed by atoms with van der Waals surface area (Å²) in [5.41, 5.74) is 3.05. The minimum absolute atomic E-state index is 0.914. The number of pyridine rings is 1. The van der Waals surface area contributed by atoms with Crippen molar-refractivity contribution in [3.05, 3.63) is 36.9 Å². The van der Waals surface area contributed by atoms with Crippen LogP contribution in [0, 0.1) is 0 Å². The molecule has 3 aromatic rings. The molecule has 0 unspecified atom stereocenters. The lowest BCUT2D eigenvalue weighted by Gasteiger charge is -1.95. The highest BCUT2D eigenvalue weighted by atomic mass is 15.1. The Bertz CT molecular complexity index is 550. The molecule has 3 rings (SSSR count). The summed E-state index contributed by atoms with van der Waals surface area (Å²) in [6, 6.07) is 4.09. The molecule has 0 aliphatic heterocycles. The summed E-state index contributed by atoms with van der Waals surface area (Å²) in [5.74, 6) is 0. The third kappa shape index (κ3) is 1.01. The van der Waals surface area contributed by atoms with E-state index < -0.39 is 0 Å². The number of rotatable bonds is 1. The number of nitrogens with zero attached hydrogens (tertiary/aromatic N) is 2. The van der Waals surface area contributed by atoms with Crippen LogP contribution in [-0.4, -0.2) is 20.2 Å². The zero-order valence-corrected chi connectivity index (χ0v) is 7.36. The molecule has 2 N–H and O–H groups in total. The quantitative estimate of drug-likeness (QED) is 0.607. The van der Waals surface area contributed by atoms with Crippen molar-refractivity contribution < 1.29 is 0 Å². The van der Waals surface area contributed by atoms with Gasteiger partial charge in [0, 0.05) is 35.1 Å². The van der Waals surface area contributed by atoms with Crippen LogP contribution in [0.1, 0.15) is 0 Å². The summed E-state index contributed by atoms with van der Waals surface area (Å²) < 4.78 is 0. The molecule has 0 saturated carbocycles. The predicted octanol–water partition coefficient (Wildman–Crippen LogP) is 1.95. The van der Waals surface area contributed by atoms with Gasteiger partial charge < -0.3 is 4.98 Å². The minimum atomic E-state index is 0.914. The fraction of sp³-hybridized carbons (Fsp3) is 0. The number of aromatic nitrogens is 4. The van der Waals surface area contributed by atoms with Gasteiger partial charge in [-0.25, -0.2) is 4.98 Å². The van der Waals surface area contributed by atoms with Gasteiger partial charge in [-0.3, -0.25) is 5.10 Å². The largest absolute Gasteiger partial charge is 0.346 e. The monoisotopic (exact) mass is 184 g/mol. The second-order valence-electron chi connectivity index (χ2n) is 3.13. The van der Waals surface area contributed by atoms with Crippen LogP contribution in [-0.2, 0) is 0 Å². The van der Waals surface area contributed by atoms with Crippen molar-refractivity contribution in [3.8, 4) is 11.1 Å². The van der Waals surface area contributed by atoms with E-state index in [2.05, 4.69) is 26.2 Å². The van der Waals surface area contributed by atoms with Crippen molar-refractivity contribution in [2.24, 2.45) is 0 Å². The average molecular weight is 184 g/mol. The Balaban J connectivity index is 2.23. The van der Waals surface area contributed by atoms with Gasteiger partial charge in [0.05, 0.1) is 6.20 Å². The van der Waals surface area contributed by atoms with Gasteiger partial charge in [0.15, 0.2) is 0 Å². The van der Waals surface area contributed by atoms with Crippen LogP contribution in [0.25, 0.3) is 22.2 Å². The second kappa shape index (κ2) is 2.70. The summed E-state index contributed by atoms with van der Waals surface area (Å²) >= 11 is 0. The van der Waals surface area contributed by atoms with Gasteiger partial charge in [0.25, 0.3) is 0 Å². The van der Waals surface area contributed by atoms with E-state index in [1.165, 1.54) is 0 Å². The molecule has 3 aromatic heterocycles. The smallest absolute Gasteiger partial charge is 0.137 e. The average Bonchev–Trinajstić information content (AvgIpc) is 2.88. The summed E-state index contributed by atoms with van der Waals surface area (Å²) in [5, 5.41) is 7.80. The van der Waals surface area contributed by atoms with Gasteiger partial charge in [-0.1, -0.05) is 0 Å². The fourth-order valence-corrected chi connectivity index (χ4v) is 1.51. The fourth-order valence-electron chi connectivity index (χ4n) is 1.51. The molecule has 0 radical (unpaired) electrons. The number of H-pyrrole nitrogens is 2. The van der Waals surface area contributed by atoms with E-state index in [-0.39, 0.29) is 0 Å². The maximum absolute atomic E-state index is 4.30. The SMILES string of the molecule is c1cc2cc(-c3cn[nH]c3)cnc2[nH]1. The zero-order chi connectivity index (χ0) is 9.38. The summed E-state index contributed by atoms with van der Waals surface area (Å²) in [4.78, 5) is 7.36. The molecule has 0 fully saturated rings. The number of fused-ring (bicyclic) bond motifs is 1. The molecule has 14 heavy (non-hydrogen) atoms. The molecule has 0 bridgehead atoms. The first-order chi connectivity index (χ1) is 6.93. The highest BCUT2D eigenvalue weighted by molar-refractivity contribution is 5.80. The summed E-state index contributed by atoms with van der Waals surface area (Å²) in [7, 11) is 0. The van der Waals surface area contributed by atoms with E-state index in [4.69, 9.17) is 0 Å².